The zero-order valence-corrected chi connectivity index (χ0v) is 12.9. The number of benzene rings is 2. The zero-order valence-electron chi connectivity index (χ0n) is 12.9. The molecule has 2 heterocycles. The van der Waals surface area contributed by atoms with Gasteiger partial charge in [-0.1, -0.05) is 30.3 Å². The molecule has 4 aromatic rings. The van der Waals surface area contributed by atoms with Crippen LogP contribution in [-0.2, 0) is 0 Å². The molecular formula is C19H11FN4O. The smallest absolute Gasteiger partial charge is 0.278 e. The van der Waals surface area contributed by atoms with E-state index in [1.54, 1.807) is 12.1 Å². The first kappa shape index (κ1) is 14.8. The molecule has 0 unspecified atom stereocenters. The standard InChI is InChI=1S/C19H11FN4O/c20-14-8-6-12(7-9-14)16-11-22-19-23-17(13-4-2-1-3-5-13)15(10-21)18(25)24(16)19/h1-9,11H,(H,22,23). The van der Waals surface area contributed by atoms with Crippen molar-refractivity contribution in [2.75, 3.05) is 0 Å². The fourth-order valence-electron chi connectivity index (χ4n) is 2.79. The number of nitriles is 1. The third kappa shape index (κ3) is 2.39. The Labute approximate surface area is 141 Å². The maximum atomic E-state index is 13.1. The van der Waals surface area contributed by atoms with Crippen LogP contribution in [0.25, 0.3) is 28.3 Å². The molecule has 0 fully saturated rings. The van der Waals surface area contributed by atoms with Crippen molar-refractivity contribution >= 4 is 5.78 Å². The van der Waals surface area contributed by atoms with Crippen LogP contribution in [0.2, 0.25) is 0 Å². The Hall–Kier alpha value is -3.72. The number of nitrogens with zero attached hydrogens (tertiary/aromatic N) is 3. The number of hydrogen-bond acceptors (Lipinski definition) is 3. The quantitative estimate of drug-likeness (QED) is 0.612. The average molecular weight is 330 g/mol. The summed E-state index contributed by atoms with van der Waals surface area (Å²) in [7, 11) is 0. The molecule has 2 aromatic carbocycles. The van der Waals surface area contributed by atoms with E-state index < -0.39 is 5.56 Å². The minimum Gasteiger partial charge on any atom is -0.323 e. The third-order valence-corrected chi connectivity index (χ3v) is 3.98. The molecule has 0 amide bonds. The summed E-state index contributed by atoms with van der Waals surface area (Å²) in [4.78, 5) is 20.2. The zero-order chi connectivity index (χ0) is 17.4. The molecule has 5 nitrogen and oxygen atoms in total. The Bertz CT molecular complexity index is 1170. The van der Waals surface area contributed by atoms with Gasteiger partial charge in [-0.15, -0.1) is 0 Å². The van der Waals surface area contributed by atoms with E-state index in [2.05, 4.69) is 9.97 Å². The monoisotopic (exact) mass is 330 g/mol. The predicted octanol–water partition coefficient (Wildman–Crippen LogP) is 3.37. The van der Waals surface area contributed by atoms with Gasteiger partial charge >= 0.3 is 0 Å². The molecule has 2 aromatic heterocycles. The number of aromatic amines is 1. The number of imidazole rings is 1. The molecule has 1 N–H and O–H groups in total. The van der Waals surface area contributed by atoms with E-state index in [1.807, 2.05) is 36.4 Å². The van der Waals surface area contributed by atoms with E-state index in [0.29, 0.717) is 22.7 Å². The first-order chi connectivity index (χ1) is 12.2. The molecule has 120 valence electrons. The molecule has 0 atom stereocenters. The van der Waals surface area contributed by atoms with Crippen LogP contribution in [0.15, 0.2) is 65.6 Å². The Morgan fingerprint density at radius 3 is 2.44 bits per heavy atom. The maximum absolute atomic E-state index is 13.1. The molecule has 0 aliphatic heterocycles. The summed E-state index contributed by atoms with van der Waals surface area (Å²) in [5.74, 6) is -0.0438. The third-order valence-electron chi connectivity index (χ3n) is 3.98. The molecule has 6 heteroatoms. The highest BCUT2D eigenvalue weighted by molar-refractivity contribution is 5.70. The van der Waals surface area contributed by atoms with E-state index >= 15 is 0 Å². The van der Waals surface area contributed by atoms with Crippen LogP contribution in [0.5, 0.6) is 0 Å². The molecule has 0 radical (unpaired) electrons. The van der Waals surface area contributed by atoms with Crippen LogP contribution >= 0.6 is 0 Å². The summed E-state index contributed by atoms with van der Waals surface area (Å²) >= 11 is 0. The lowest BCUT2D eigenvalue weighted by Gasteiger charge is -2.07. The van der Waals surface area contributed by atoms with Gasteiger partial charge in [0.1, 0.15) is 17.4 Å². The second-order valence-electron chi connectivity index (χ2n) is 5.47. The molecule has 4 rings (SSSR count). The first-order valence-corrected chi connectivity index (χ1v) is 7.54. The van der Waals surface area contributed by atoms with Gasteiger partial charge in [-0.25, -0.2) is 13.8 Å². The summed E-state index contributed by atoms with van der Waals surface area (Å²) in [5.41, 5.74) is 1.82. The molecule has 0 bridgehead atoms. The normalized spacial score (nSPS) is 10.7. The molecule has 0 saturated heterocycles. The summed E-state index contributed by atoms with van der Waals surface area (Å²) in [6.45, 7) is 0. The van der Waals surface area contributed by atoms with Crippen molar-refractivity contribution in [3.8, 4) is 28.6 Å². The van der Waals surface area contributed by atoms with Crippen LogP contribution < -0.4 is 5.56 Å². The second kappa shape index (κ2) is 5.73. The van der Waals surface area contributed by atoms with E-state index in [9.17, 15) is 14.4 Å². The highest BCUT2D eigenvalue weighted by Gasteiger charge is 2.17. The van der Waals surface area contributed by atoms with Gasteiger partial charge in [0.05, 0.1) is 17.6 Å². The SMILES string of the molecule is N#Cc1c(-c2ccccc2)[nH]c2ncc(-c3ccc(F)cc3)n2c1=O. The van der Waals surface area contributed by atoms with E-state index in [1.165, 1.54) is 22.7 Å². The van der Waals surface area contributed by atoms with E-state index in [-0.39, 0.29) is 11.4 Å². The van der Waals surface area contributed by atoms with E-state index in [0.717, 1.165) is 5.56 Å². The summed E-state index contributed by atoms with van der Waals surface area (Å²) in [5, 5.41) is 9.50. The Morgan fingerprint density at radius 2 is 1.76 bits per heavy atom. The van der Waals surface area contributed by atoms with Crippen molar-refractivity contribution in [3.05, 3.63) is 82.5 Å². The lowest BCUT2D eigenvalue weighted by atomic mass is 10.1. The Kier molecular flexibility index (Phi) is 3.40. The second-order valence-corrected chi connectivity index (χ2v) is 5.47. The Balaban J connectivity index is 2.02. The summed E-state index contributed by atoms with van der Waals surface area (Å²) < 4.78 is 14.5. The maximum Gasteiger partial charge on any atom is 0.278 e. The molecule has 0 aliphatic carbocycles. The van der Waals surface area contributed by atoms with Gasteiger partial charge in [-0.05, 0) is 29.8 Å². The predicted molar refractivity (Wildman–Crippen MR) is 91.4 cm³/mol. The molecule has 0 spiro atoms. The molecule has 0 saturated carbocycles. The highest BCUT2D eigenvalue weighted by Crippen LogP contribution is 2.23. The largest absolute Gasteiger partial charge is 0.323 e. The van der Waals surface area contributed by atoms with Gasteiger partial charge in [-0.2, -0.15) is 5.26 Å². The van der Waals surface area contributed by atoms with Gasteiger partial charge in [-0.3, -0.25) is 4.79 Å². The van der Waals surface area contributed by atoms with E-state index in [4.69, 9.17) is 0 Å². The van der Waals surface area contributed by atoms with Crippen molar-refractivity contribution < 1.29 is 4.39 Å². The van der Waals surface area contributed by atoms with Gasteiger partial charge in [0, 0.05) is 5.56 Å². The van der Waals surface area contributed by atoms with Gasteiger partial charge in [0.2, 0.25) is 5.78 Å². The lowest BCUT2D eigenvalue weighted by Crippen LogP contribution is -2.19. The van der Waals surface area contributed by atoms with Crippen molar-refractivity contribution in [3.63, 3.8) is 0 Å². The fraction of sp³-hybridized carbons (Fsp3) is 0. The first-order valence-electron chi connectivity index (χ1n) is 7.54. The van der Waals surface area contributed by atoms with Crippen LogP contribution in [0.4, 0.5) is 4.39 Å². The average Bonchev–Trinajstić information content (AvgIpc) is 3.07. The number of nitrogens with one attached hydrogen (secondary N) is 1. The van der Waals surface area contributed by atoms with Crippen LogP contribution in [0.3, 0.4) is 0 Å². The Morgan fingerprint density at radius 1 is 1.04 bits per heavy atom. The molecular weight excluding hydrogens is 319 g/mol. The van der Waals surface area contributed by atoms with Gasteiger partial charge in [0.15, 0.2) is 0 Å². The topological polar surface area (TPSA) is 73.9 Å². The number of fused-ring (bicyclic) bond motifs is 1. The number of aromatic nitrogens is 3. The lowest BCUT2D eigenvalue weighted by molar-refractivity contribution is 0.628. The van der Waals surface area contributed by atoms with Crippen LogP contribution in [0, 0.1) is 17.1 Å². The van der Waals surface area contributed by atoms with Crippen molar-refractivity contribution in [2.24, 2.45) is 0 Å². The highest BCUT2D eigenvalue weighted by atomic mass is 19.1. The number of halogens is 1. The van der Waals surface area contributed by atoms with Crippen LogP contribution in [0.1, 0.15) is 5.56 Å². The number of hydrogen-bond donors (Lipinski definition) is 1. The summed E-state index contributed by atoms with van der Waals surface area (Å²) in [6, 6.07) is 16.9. The number of rotatable bonds is 2. The fourth-order valence-corrected chi connectivity index (χ4v) is 2.79. The minimum absolute atomic E-state index is 0.0000571. The molecule has 25 heavy (non-hydrogen) atoms. The molecule has 0 aliphatic rings. The summed E-state index contributed by atoms with van der Waals surface area (Å²) in [6.07, 6.45) is 1.52. The van der Waals surface area contributed by atoms with Crippen molar-refractivity contribution in [2.45, 2.75) is 0 Å². The number of H-pyrrole nitrogens is 1. The van der Waals surface area contributed by atoms with Crippen molar-refractivity contribution in [1.29, 1.82) is 5.26 Å². The van der Waals surface area contributed by atoms with Crippen molar-refractivity contribution in [1.82, 2.24) is 14.4 Å². The van der Waals surface area contributed by atoms with Gasteiger partial charge < -0.3 is 4.98 Å². The van der Waals surface area contributed by atoms with Crippen LogP contribution in [-0.4, -0.2) is 14.4 Å². The van der Waals surface area contributed by atoms with Gasteiger partial charge in [0.25, 0.3) is 5.56 Å². The minimum atomic E-state index is -0.466.